The highest BCUT2D eigenvalue weighted by atomic mass is 14.2. The Labute approximate surface area is 111 Å². The molecule has 0 fully saturated rings. The second-order valence-corrected chi connectivity index (χ2v) is 6.05. The van der Waals surface area contributed by atoms with Crippen LogP contribution in [0.1, 0.15) is 45.6 Å². The number of aryl methyl sites for hydroxylation is 1. The Bertz CT molecular complexity index is 508. The molecule has 0 nitrogen and oxygen atoms in total. The molecule has 0 unspecified atom stereocenters. The molecule has 18 heavy (non-hydrogen) atoms. The Hall–Kier alpha value is -1.30. The van der Waals surface area contributed by atoms with E-state index in [1.165, 1.54) is 42.0 Å². The van der Waals surface area contributed by atoms with E-state index in [0.717, 1.165) is 0 Å². The normalized spacial score (nSPS) is 11.9. The zero-order valence-corrected chi connectivity index (χ0v) is 11.9. The largest absolute Gasteiger partial charge is 0.0649 e. The predicted molar refractivity (Wildman–Crippen MR) is 81.0 cm³/mol. The molecule has 0 spiro atoms. The summed E-state index contributed by atoms with van der Waals surface area (Å²) < 4.78 is 0. The molecule has 0 aliphatic rings. The van der Waals surface area contributed by atoms with E-state index in [1.807, 2.05) is 0 Å². The monoisotopic (exact) mass is 240 g/mol. The zero-order chi connectivity index (χ0) is 13.0. The highest BCUT2D eigenvalue weighted by Crippen LogP contribution is 2.27. The van der Waals surface area contributed by atoms with E-state index in [4.69, 9.17) is 0 Å². The first kappa shape index (κ1) is 13.1. The summed E-state index contributed by atoms with van der Waals surface area (Å²) in [5, 5.41) is 2.71. The molecule has 0 amide bonds. The van der Waals surface area contributed by atoms with Crippen molar-refractivity contribution in [2.24, 2.45) is 5.41 Å². The maximum absolute atomic E-state index is 2.37. The van der Waals surface area contributed by atoms with Gasteiger partial charge in [0.2, 0.25) is 0 Å². The molecule has 0 saturated heterocycles. The van der Waals surface area contributed by atoms with E-state index in [2.05, 4.69) is 63.2 Å². The van der Waals surface area contributed by atoms with Gasteiger partial charge in [0, 0.05) is 0 Å². The van der Waals surface area contributed by atoms with Crippen molar-refractivity contribution in [1.82, 2.24) is 0 Å². The van der Waals surface area contributed by atoms with Crippen LogP contribution in [-0.2, 0) is 6.42 Å². The molecule has 0 N–H and O–H groups in total. The lowest BCUT2D eigenvalue weighted by molar-refractivity contribution is 0.313. The fraction of sp³-hybridized carbons (Fsp3) is 0.444. The predicted octanol–water partition coefficient (Wildman–Crippen LogP) is 5.60. The topological polar surface area (TPSA) is 0 Å². The minimum atomic E-state index is 0.497. The molecule has 2 aromatic rings. The van der Waals surface area contributed by atoms with Gasteiger partial charge in [0.25, 0.3) is 0 Å². The third-order valence-corrected chi connectivity index (χ3v) is 4.09. The Morgan fingerprint density at radius 2 is 1.67 bits per heavy atom. The van der Waals surface area contributed by atoms with Crippen LogP contribution in [0, 0.1) is 5.41 Å². The smallest absolute Gasteiger partial charge is 0.0181 e. The summed E-state index contributed by atoms with van der Waals surface area (Å²) in [7, 11) is 0. The van der Waals surface area contributed by atoms with E-state index < -0.39 is 0 Å². The molecule has 0 aliphatic heterocycles. The maximum Gasteiger partial charge on any atom is -0.0181 e. The molecular formula is C18H24. The van der Waals surface area contributed by atoms with E-state index in [0.29, 0.717) is 5.41 Å². The number of hydrogen-bond donors (Lipinski definition) is 0. The van der Waals surface area contributed by atoms with E-state index in [-0.39, 0.29) is 0 Å². The van der Waals surface area contributed by atoms with Crippen LogP contribution in [0.2, 0.25) is 0 Å². The lowest BCUT2D eigenvalue weighted by Gasteiger charge is -2.22. The Morgan fingerprint density at radius 3 is 2.39 bits per heavy atom. The van der Waals surface area contributed by atoms with Crippen molar-refractivity contribution < 1.29 is 0 Å². The van der Waals surface area contributed by atoms with Gasteiger partial charge in [0.15, 0.2) is 0 Å². The number of hydrogen-bond acceptors (Lipinski definition) is 0. The fourth-order valence-corrected chi connectivity index (χ4v) is 2.34. The van der Waals surface area contributed by atoms with Crippen LogP contribution in [0.3, 0.4) is 0 Å². The van der Waals surface area contributed by atoms with Crippen molar-refractivity contribution in [3.63, 3.8) is 0 Å². The molecule has 0 aromatic heterocycles. The first-order valence-corrected chi connectivity index (χ1v) is 7.08. The summed E-state index contributed by atoms with van der Waals surface area (Å²) >= 11 is 0. The standard InChI is InChI=1S/C18H24/c1-4-18(2,3)13-7-8-15-11-12-16-9-5-6-10-17(16)14-15/h5-6,9-12,14H,4,7-8,13H2,1-3H3. The van der Waals surface area contributed by atoms with E-state index >= 15 is 0 Å². The fourth-order valence-electron chi connectivity index (χ4n) is 2.34. The van der Waals surface area contributed by atoms with Crippen molar-refractivity contribution >= 4 is 10.8 Å². The molecule has 2 rings (SSSR count). The Morgan fingerprint density at radius 1 is 0.944 bits per heavy atom. The molecule has 0 atom stereocenters. The third-order valence-electron chi connectivity index (χ3n) is 4.09. The van der Waals surface area contributed by atoms with Gasteiger partial charge in [-0.15, -0.1) is 0 Å². The van der Waals surface area contributed by atoms with Gasteiger partial charge < -0.3 is 0 Å². The molecule has 2 aromatic carbocycles. The molecule has 0 saturated carbocycles. The zero-order valence-electron chi connectivity index (χ0n) is 11.9. The lowest BCUT2D eigenvalue weighted by atomic mass is 9.84. The van der Waals surface area contributed by atoms with Crippen LogP contribution >= 0.6 is 0 Å². The van der Waals surface area contributed by atoms with Gasteiger partial charge in [0.1, 0.15) is 0 Å². The molecule has 0 radical (unpaired) electrons. The van der Waals surface area contributed by atoms with Gasteiger partial charge in [-0.25, -0.2) is 0 Å². The summed E-state index contributed by atoms with van der Waals surface area (Å²) in [4.78, 5) is 0. The number of rotatable bonds is 5. The van der Waals surface area contributed by atoms with Gasteiger partial charge in [-0.2, -0.15) is 0 Å². The second kappa shape index (κ2) is 5.56. The summed E-state index contributed by atoms with van der Waals surface area (Å²) in [6, 6.07) is 15.5. The quantitative estimate of drug-likeness (QED) is 0.638. The van der Waals surface area contributed by atoms with Crippen LogP contribution in [0.4, 0.5) is 0 Å². The third kappa shape index (κ3) is 3.35. The van der Waals surface area contributed by atoms with Crippen LogP contribution in [-0.4, -0.2) is 0 Å². The molecule has 0 aliphatic carbocycles. The van der Waals surface area contributed by atoms with Gasteiger partial charge in [0.05, 0.1) is 0 Å². The molecule has 96 valence electrons. The van der Waals surface area contributed by atoms with Gasteiger partial charge >= 0.3 is 0 Å². The maximum atomic E-state index is 2.37. The summed E-state index contributed by atoms with van der Waals surface area (Å²) in [6.07, 6.45) is 5.08. The van der Waals surface area contributed by atoms with Crippen molar-refractivity contribution in [2.75, 3.05) is 0 Å². The SMILES string of the molecule is CCC(C)(C)CCCc1ccc2ccccc2c1. The van der Waals surface area contributed by atoms with Crippen molar-refractivity contribution in [1.29, 1.82) is 0 Å². The van der Waals surface area contributed by atoms with Gasteiger partial charge in [-0.1, -0.05) is 69.7 Å². The average Bonchev–Trinajstić information content (AvgIpc) is 2.38. The highest BCUT2D eigenvalue weighted by molar-refractivity contribution is 5.82. The average molecular weight is 240 g/mol. The van der Waals surface area contributed by atoms with Crippen LogP contribution in [0.5, 0.6) is 0 Å². The minimum absolute atomic E-state index is 0.497. The summed E-state index contributed by atoms with van der Waals surface area (Å²) in [5.41, 5.74) is 1.97. The molecule has 0 heteroatoms. The van der Waals surface area contributed by atoms with E-state index in [9.17, 15) is 0 Å². The molecule has 0 heterocycles. The van der Waals surface area contributed by atoms with Crippen LogP contribution in [0.15, 0.2) is 42.5 Å². The van der Waals surface area contributed by atoms with Crippen LogP contribution < -0.4 is 0 Å². The molecular weight excluding hydrogens is 216 g/mol. The Balaban J connectivity index is 2.00. The summed E-state index contributed by atoms with van der Waals surface area (Å²) in [5.74, 6) is 0. The Kier molecular flexibility index (Phi) is 4.06. The number of benzene rings is 2. The van der Waals surface area contributed by atoms with Crippen LogP contribution in [0.25, 0.3) is 10.8 Å². The summed E-state index contributed by atoms with van der Waals surface area (Å²) in [6.45, 7) is 7.02. The lowest BCUT2D eigenvalue weighted by Crippen LogP contribution is -2.09. The molecule has 0 bridgehead atoms. The highest BCUT2D eigenvalue weighted by Gasteiger charge is 2.13. The first-order chi connectivity index (χ1) is 8.61. The van der Waals surface area contributed by atoms with E-state index in [1.54, 1.807) is 0 Å². The van der Waals surface area contributed by atoms with Gasteiger partial charge in [-0.3, -0.25) is 0 Å². The first-order valence-electron chi connectivity index (χ1n) is 7.08. The van der Waals surface area contributed by atoms with Gasteiger partial charge in [-0.05, 0) is 41.0 Å². The van der Waals surface area contributed by atoms with Crippen molar-refractivity contribution in [3.05, 3.63) is 48.0 Å². The second-order valence-electron chi connectivity index (χ2n) is 6.05. The van der Waals surface area contributed by atoms with Crippen molar-refractivity contribution in [3.8, 4) is 0 Å². The number of fused-ring (bicyclic) bond motifs is 1. The minimum Gasteiger partial charge on any atom is -0.0649 e. The van der Waals surface area contributed by atoms with Crippen molar-refractivity contribution in [2.45, 2.75) is 46.5 Å².